The standard InChI is InChI=1S/C14H22N2O/c1-3-5-8-13(4-2)14(17)16-11-12-7-6-9-15-10-12/h6-7,9-10,13H,3-5,8,11H2,1-2H3,(H,16,17)/t13-/m1/s1. The Hall–Kier alpha value is -1.38. The first-order valence-electron chi connectivity index (χ1n) is 6.44. The lowest BCUT2D eigenvalue weighted by atomic mass is 9.98. The summed E-state index contributed by atoms with van der Waals surface area (Å²) in [6, 6.07) is 3.86. The molecule has 0 spiro atoms. The summed E-state index contributed by atoms with van der Waals surface area (Å²) in [4.78, 5) is 15.9. The predicted octanol–water partition coefficient (Wildman–Crippen LogP) is 2.91. The molecule has 0 aliphatic heterocycles. The van der Waals surface area contributed by atoms with Crippen LogP contribution in [-0.2, 0) is 11.3 Å². The molecule has 0 aromatic carbocycles. The molecule has 0 radical (unpaired) electrons. The van der Waals surface area contributed by atoms with Gasteiger partial charge in [-0.25, -0.2) is 0 Å². The molecule has 94 valence electrons. The summed E-state index contributed by atoms with van der Waals surface area (Å²) in [5.74, 6) is 0.330. The van der Waals surface area contributed by atoms with Crippen molar-refractivity contribution in [3.63, 3.8) is 0 Å². The van der Waals surface area contributed by atoms with E-state index < -0.39 is 0 Å². The molecular weight excluding hydrogens is 212 g/mol. The first-order valence-corrected chi connectivity index (χ1v) is 6.44. The van der Waals surface area contributed by atoms with Gasteiger partial charge in [-0.05, 0) is 24.5 Å². The number of pyridine rings is 1. The second-order valence-corrected chi connectivity index (χ2v) is 4.33. The van der Waals surface area contributed by atoms with Crippen LogP contribution in [0.5, 0.6) is 0 Å². The summed E-state index contributed by atoms with van der Waals surface area (Å²) in [6.07, 6.45) is 7.70. The molecule has 0 saturated carbocycles. The average Bonchev–Trinajstić information content (AvgIpc) is 2.38. The van der Waals surface area contributed by atoms with E-state index in [9.17, 15) is 4.79 Å². The van der Waals surface area contributed by atoms with Crippen LogP contribution in [0.3, 0.4) is 0 Å². The van der Waals surface area contributed by atoms with Crippen LogP contribution in [0, 0.1) is 5.92 Å². The smallest absolute Gasteiger partial charge is 0.223 e. The molecule has 1 aromatic rings. The maximum Gasteiger partial charge on any atom is 0.223 e. The van der Waals surface area contributed by atoms with Gasteiger partial charge in [-0.1, -0.05) is 32.8 Å². The summed E-state index contributed by atoms with van der Waals surface area (Å²) in [5.41, 5.74) is 1.05. The van der Waals surface area contributed by atoms with Crippen molar-refractivity contribution in [2.45, 2.75) is 46.1 Å². The van der Waals surface area contributed by atoms with Gasteiger partial charge in [0.25, 0.3) is 0 Å². The minimum absolute atomic E-state index is 0.159. The first-order chi connectivity index (χ1) is 8.27. The van der Waals surface area contributed by atoms with Gasteiger partial charge in [0, 0.05) is 24.9 Å². The van der Waals surface area contributed by atoms with Gasteiger partial charge in [-0.2, -0.15) is 0 Å². The number of nitrogens with zero attached hydrogens (tertiary/aromatic N) is 1. The highest BCUT2D eigenvalue weighted by Gasteiger charge is 2.14. The van der Waals surface area contributed by atoms with Crippen molar-refractivity contribution in [1.82, 2.24) is 10.3 Å². The third-order valence-electron chi connectivity index (χ3n) is 2.96. The van der Waals surface area contributed by atoms with Crippen molar-refractivity contribution < 1.29 is 4.79 Å². The second kappa shape index (κ2) is 7.82. The zero-order chi connectivity index (χ0) is 12.5. The van der Waals surface area contributed by atoms with Crippen LogP contribution >= 0.6 is 0 Å². The van der Waals surface area contributed by atoms with Crippen LogP contribution in [0.2, 0.25) is 0 Å². The molecule has 0 unspecified atom stereocenters. The first kappa shape index (κ1) is 13.7. The van der Waals surface area contributed by atoms with E-state index in [2.05, 4.69) is 24.1 Å². The van der Waals surface area contributed by atoms with Crippen molar-refractivity contribution in [3.8, 4) is 0 Å². The van der Waals surface area contributed by atoms with Gasteiger partial charge in [0.2, 0.25) is 5.91 Å². The molecule has 0 bridgehead atoms. The van der Waals surface area contributed by atoms with Gasteiger partial charge in [0.15, 0.2) is 0 Å². The lowest BCUT2D eigenvalue weighted by molar-refractivity contribution is -0.125. The fourth-order valence-corrected chi connectivity index (χ4v) is 1.81. The molecule has 17 heavy (non-hydrogen) atoms. The fourth-order valence-electron chi connectivity index (χ4n) is 1.81. The Balaban J connectivity index is 2.37. The molecule has 1 atom stereocenters. The highest BCUT2D eigenvalue weighted by Crippen LogP contribution is 2.12. The quantitative estimate of drug-likeness (QED) is 0.788. The van der Waals surface area contributed by atoms with E-state index in [0.29, 0.717) is 6.54 Å². The minimum atomic E-state index is 0.159. The number of amides is 1. The van der Waals surface area contributed by atoms with E-state index in [0.717, 1.165) is 31.2 Å². The largest absolute Gasteiger partial charge is 0.352 e. The summed E-state index contributed by atoms with van der Waals surface area (Å²) < 4.78 is 0. The van der Waals surface area contributed by atoms with E-state index in [1.807, 2.05) is 12.1 Å². The topological polar surface area (TPSA) is 42.0 Å². The highest BCUT2D eigenvalue weighted by molar-refractivity contribution is 5.78. The van der Waals surface area contributed by atoms with Crippen molar-refractivity contribution >= 4 is 5.91 Å². The van der Waals surface area contributed by atoms with Crippen LogP contribution in [-0.4, -0.2) is 10.9 Å². The molecule has 1 amide bonds. The van der Waals surface area contributed by atoms with Crippen molar-refractivity contribution in [2.75, 3.05) is 0 Å². The molecule has 1 aromatic heterocycles. The molecule has 0 fully saturated rings. The van der Waals surface area contributed by atoms with Gasteiger partial charge in [0.1, 0.15) is 0 Å². The second-order valence-electron chi connectivity index (χ2n) is 4.33. The number of carbonyl (C=O) groups excluding carboxylic acids is 1. The maximum atomic E-state index is 11.9. The van der Waals surface area contributed by atoms with Crippen molar-refractivity contribution in [1.29, 1.82) is 0 Å². The van der Waals surface area contributed by atoms with Crippen molar-refractivity contribution in [3.05, 3.63) is 30.1 Å². The lowest BCUT2D eigenvalue weighted by Crippen LogP contribution is -2.30. The third kappa shape index (κ3) is 4.98. The van der Waals surface area contributed by atoms with Crippen LogP contribution in [0.4, 0.5) is 0 Å². The predicted molar refractivity (Wildman–Crippen MR) is 69.4 cm³/mol. The van der Waals surface area contributed by atoms with Gasteiger partial charge < -0.3 is 5.32 Å². The van der Waals surface area contributed by atoms with Crippen LogP contribution < -0.4 is 5.32 Å². The Kier molecular flexibility index (Phi) is 6.30. The summed E-state index contributed by atoms with van der Waals surface area (Å²) >= 11 is 0. The number of aromatic nitrogens is 1. The Labute approximate surface area is 104 Å². The number of carbonyl (C=O) groups is 1. The molecule has 3 heteroatoms. The maximum absolute atomic E-state index is 11.9. The molecule has 0 aliphatic carbocycles. The van der Waals surface area contributed by atoms with Crippen LogP contribution in [0.25, 0.3) is 0 Å². The zero-order valence-electron chi connectivity index (χ0n) is 10.8. The van der Waals surface area contributed by atoms with E-state index in [1.54, 1.807) is 12.4 Å². The van der Waals surface area contributed by atoms with Gasteiger partial charge in [0.05, 0.1) is 0 Å². The zero-order valence-corrected chi connectivity index (χ0v) is 10.8. The minimum Gasteiger partial charge on any atom is -0.352 e. The SMILES string of the molecule is CCCC[C@@H](CC)C(=O)NCc1cccnc1. The molecule has 1 rings (SSSR count). The number of unbranched alkanes of at least 4 members (excludes halogenated alkanes) is 1. The van der Waals surface area contributed by atoms with Crippen LogP contribution in [0.1, 0.15) is 45.1 Å². The lowest BCUT2D eigenvalue weighted by Gasteiger charge is -2.14. The fraction of sp³-hybridized carbons (Fsp3) is 0.571. The van der Waals surface area contributed by atoms with Gasteiger partial charge in [-0.15, -0.1) is 0 Å². The Morgan fingerprint density at radius 3 is 2.88 bits per heavy atom. The van der Waals surface area contributed by atoms with Crippen molar-refractivity contribution in [2.24, 2.45) is 5.92 Å². The number of nitrogens with one attached hydrogen (secondary N) is 1. The third-order valence-corrected chi connectivity index (χ3v) is 2.96. The Bertz CT molecular complexity index is 324. The number of hydrogen-bond donors (Lipinski definition) is 1. The Morgan fingerprint density at radius 2 is 2.29 bits per heavy atom. The molecular formula is C14H22N2O. The summed E-state index contributed by atoms with van der Waals surface area (Å²) in [5, 5.41) is 2.98. The normalized spacial score (nSPS) is 12.1. The average molecular weight is 234 g/mol. The number of rotatable bonds is 7. The van der Waals surface area contributed by atoms with E-state index >= 15 is 0 Å². The Morgan fingerprint density at radius 1 is 1.47 bits per heavy atom. The highest BCUT2D eigenvalue weighted by atomic mass is 16.1. The molecule has 0 saturated heterocycles. The molecule has 0 aliphatic rings. The summed E-state index contributed by atoms with van der Waals surface area (Å²) in [6.45, 7) is 4.81. The van der Waals surface area contributed by atoms with E-state index in [-0.39, 0.29) is 11.8 Å². The van der Waals surface area contributed by atoms with Gasteiger partial charge >= 0.3 is 0 Å². The monoisotopic (exact) mass is 234 g/mol. The molecule has 1 N–H and O–H groups in total. The number of hydrogen-bond acceptors (Lipinski definition) is 2. The summed E-state index contributed by atoms with van der Waals surface area (Å²) in [7, 11) is 0. The van der Waals surface area contributed by atoms with E-state index in [1.165, 1.54) is 0 Å². The van der Waals surface area contributed by atoms with Crippen LogP contribution in [0.15, 0.2) is 24.5 Å². The molecule has 3 nitrogen and oxygen atoms in total. The van der Waals surface area contributed by atoms with Gasteiger partial charge in [-0.3, -0.25) is 9.78 Å². The van der Waals surface area contributed by atoms with E-state index in [4.69, 9.17) is 0 Å². The molecule has 1 heterocycles.